The average molecular weight is 519 g/mol. The zero-order valence-corrected chi connectivity index (χ0v) is 19.9. The van der Waals surface area contributed by atoms with Crippen LogP contribution in [0.5, 0.6) is 0 Å². The molecule has 172 valence electrons. The van der Waals surface area contributed by atoms with Crippen LogP contribution >= 0.6 is 46.6 Å². The molecule has 0 spiro atoms. The Morgan fingerprint density at radius 2 is 2.28 bits per heavy atom. The van der Waals surface area contributed by atoms with E-state index in [2.05, 4.69) is 20.7 Å². The second-order valence-electron chi connectivity index (χ2n) is 7.40. The number of amides is 2. The van der Waals surface area contributed by atoms with Crippen LogP contribution in [0.2, 0.25) is 0 Å². The molecule has 0 aliphatic carbocycles. The molecule has 12 nitrogen and oxygen atoms in total. The summed E-state index contributed by atoms with van der Waals surface area (Å²) in [5.74, 6) is -1.33. The molecule has 0 bridgehead atoms. The van der Waals surface area contributed by atoms with E-state index >= 15 is 0 Å². The van der Waals surface area contributed by atoms with Gasteiger partial charge in [0.25, 0.3) is 5.91 Å². The second-order valence-corrected chi connectivity index (χ2v) is 10.6. The van der Waals surface area contributed by atoms with Gasteiger partial charge < -0.3 is 21.1 Å². The van der Waals surface area contributed by atoms with Crippen LogP contribution in [0.4, 0.5) is 5.13 Å². The standard InChI is InChI=1S/C16H19ClN8O4S3/c1-23-7-25(22-21-23)32-6-16(14(28)29)4-24-12(27)10(13(24)31-5-16)20-11(26)8(2-17)9-3-30-15(18)19-9/h2-3,10,13H,4-7H2,1H3,(H2,18,19)(H,20,26)(H,28,29)/t10?,13-,16?/m1/s1. The van der Waals surface area contributed by atoms with Crippen LogP contribution in [-0.2, 0) is 14.4 Å². The van der Waals surface area contributed by atoms with Gasteiger partial charge in [0.2, 0.25) is 5.91 Å². The van der Waals surface area contributed by atoms with Crippen LogP contribution in [-0.4, -0.2) is 85.4 Å². The number of thiazole rings is 1. The molecule has 2 amide bonds. The second kappa shape index (κ2) is 8.96. The Balaban J connectivity index is 1.39. The van der Waals surface area contributed by atoms with Gasteiger partial charge in [-0.1, -0.05) is 16.8 Å². The number of nitrogens with zero attached hydrogens (tertiary/aromatic N) is 6. The molecule has 16 heteroatoms. The number of hydrogen-bond acceptors (Lipinski definition) is 12. The predicted octanol–water partition coefficient (Wildman–Crippen LogP) is 0.911. The number of carbonyl (C=O) groups is 3. The molecule has 2 unspecified atom stereocenters. The van der Waals surface area contributed by atoms with Gasteiger partial charge in [-0.15, -0.1) is 23.1 Å². The van der Waals surface area contributed by atoms with Crippen molar-refractivity contribution in [1.29, 1.82) is 0 Å². The highest BCUT2D eigenvalue weighted by molar-refractivity contribution is 8.00. The van der Waals surface area contributed by atoms with Crippen molar-refractivity contribution in [3.05, 3.63) is 16.6 Å². The van der Waals surface area contributed by atoms with Crippen molar-refractivity contribution in [3.63, 3.8) is 0 Å². The van der Waals surface area contributed by atoms with Crippen molar-refractivity contribution in [2.24, 2.45) is 15.9 Å². The molecule has 4 N–H and O–H groups in total. The summed E-state index contributed by atoms with van der Waals surface area (Å²) in [6.07, 6.45) is 0. The molecular weight excluding hydrogens is 500 g/mol. The Hall–Kier alpha value is -2.23. The fraction of sp³-hybridized carbons (Fsp3) is 0.500. The first kappa shape index (κ1) is 22.9. The summed E-state index contributed by atoms with van der Waals surface area (Å²) in [5, 5.41) is 23.6. The number of fused-ring (bicyclic) bond motifs is 1. The number of β-lactam (4-membered cyclic amide) rings is 1. The Morgan fingerprint density at radius 3 is 2.88 bits per heavy atom. The van der Waals surface area contributed by atoms with Crippen molar-refractivity contribution in [1.82, 2.24) is 24.6 Å². The normalized spacial score (nSPS) is 27.4. The quantitative estimate of drug-likeness (QED) is 0.269. The van der Waals surface area contributed by atoms with E-state index in [-0.39, 0.29) is 34.9 Å². The van der Waals surface area contributed by atoms with E-state index in [0.717, 1.165) is 5.54 Å². The lowest BCUT2D eigenvalue weighted by Gasteiger charge is -2.53. The van der Waals surface area contributed by atoms with Crippen LogP contribution in [0.15, 0.2) is 21.4 Å². The average Bonchev–Trinajstić information content (AvgIpc) is 3.38. The number of anilines is 1. The van der Waals surface area contributed by atoms with Crippen LogP contribution in [0, 0.1) is 5.41 Å². The summed E-state index contributed by atoms with van der Waals surface area (Å²) < 4.78 is 1.60. The fourth-order valence-corrected chi connectivity index (χ4v) is 6.86. The Labute approximate surface area is 200 Å². The number of nitrogens with two attached hydrogens (primary N) is 1. The third kappa shape index (κ3) is 4.21. The molecular formula is C16H19ClN8O4S3. The first-order valence-electron chi connectivity index (χ1n) is 9.25. The lowest BCUT2D eigenvalue weighted by atomic mass is 9.89. The van der Waals surface area contributed by atoms with E-state index < -0.39 is 23.3 Å². The highest BCUT2D eigenvalue weighted by atomic mass is 35.5. The summed E-state index contributed by atoms with van der Waals surface area (Å²) in [5.41, 5.74) is 6.01. The third-order valence-corrected chi connectivity index (χ3v) is 8.79. The van der Waals surface area contributed by atoms with Crippen LogP contribution < -0.4 is 11.1 Å². The molecule has 2 fully saturated rings. The smallest absolute Gasteiger partial charge is 0.313 e. The zero-order valence-electron chi connectivity index (χ0n) is 16.7. The number of halogens is 1. The molecule has 32 heavy (non-hydrogen) atoms. The van der Waals surface area contributed by atoms with E-state index in [1.165, 1.54) is 39.9 Å². The number of carboxylic acid groups (broad SMARTS) is 1. The maximum absolute atomic E-state index is 12.8. The minimum atomic E-state index is -1.13. The zero-order chi connectivity index (χ0) is 23.0. The molecule has 4 heterocycles. The molecule has 1 aromatic heterocycles. The predicted molar refractivity (Wildman–Crippen MR) is 122 cm³/mol. The number of carbonyl (C=O) groups excluding carboxylic acids is 2. The molecule has 3 aliphatic rings. The first-order chi connectivity index (χ1) is 15.2. The number of aliphatic carboxylic acids is 1. The number of thioether (sulfide) groups is 1. The molecule has 0 radical (unpaired) electrons. The fourth-order valence-electron chi connectivity index (χ4n) is 3.37. The van der Waals surface area contributed by atoms with Gasteiger partial charge in [0, 0.05) is 36.0 Å². The highest BCUT2D eigenvalue weighted by Gasteiger charge is 2.57. The van der Waals surface area contributed by atoms with E-state index in [1.807, 2.05) is 0 Å². The van der Waals surface area contributed by atoms with Crippen molar-refractivity contribution in [3.8, 4) is 0 Å². The number of aromatic nitrogens is 1. The van der Waals surface area contributed by atoms with Gasteiger partial charge in [-0.05, 0) is 17.2 Å². The lowest BCUT2D eigenvalue weighted by Crippen LogP contribution is -2.74. The topological polar surface area (TPSA) is 157 Å². The summed E-state index contributed by atoms with van der Waals surface area (Å²) in [6.45, 7) is 0.508. The van der Waals surface area contributed by atoms with Crippen LogP contribution in [0.25, 0.3) is 5.57 Å². The van der Waals surface area contributed by atoms with Crippen molar-refractivity contribution < 1.29 is 19.5 Å². The highest BCUT2D eigenvalue weighted by Crippen LogP contribution is 2.44. The third-order valence-electron chi connectivity index (χ3n) is 5.14. The summed E-state index contributed by atoms with van der Waals surface area (Å²) in [7, 11) is 1.76. The van der Waals surface area contributed by atoms with Gasteiger partial charge in [-0.3, -0.25) is 19.4 Å². The van der Waals surface area contributed by atoms with Gasteiger partial charge in [0.15, 0.2) is 5.13 Å². The van der Waals surface area contributed by atoms with Crippen LogP contribution in [0.3, 0.4) is 0 Å². The minimum Gasteiger partial charge on any atom is -0.481 e. The van der Waals surface area contributed by atoms with Crippen molar-refractivity contribution in [2.45, 2.75) is 11.4 Å². The first-order valence-corrected chi connectivity index (χ1v) is 12.6. The number of carboxylic acids is 1. The van der Waals surface area contributed by atoms with E-state index in [4.69, 9.17) is 17.3 Å². The molecule has 4 rings (SSSR count). The molecule has 0 aromatic carbocycles. The number of hydrogen-bond donors (Lipinski definition) is 3. The Bertz CT molecular complexity index is 1010. The van der Waals surface area contributed by atoms with Gasteiger partial charge in [-0.2, -0.15) is 4.41 Å². The molecule has 3 atom stereocenters. The summed E-state index contributed by atoms with van der Waals surface area (Å²) in [6, 6.07) is -0.768. The van der Waals surface area contributed by atoms with E-state index in [0.29, 0.717) is 17.5 Å². The largest absolute Gasteiger partial charge is 0.481 e. The molecule has 3 aliphatic heterocycles. The van der Waals surface area contributed by atoms with E-state index in [9.17, 15) is 19.5 Å². The molecule has 2 saturated heterocycles. The van der Waals surface area contributed by atoms with Crippen LogP contribution in [0.1, 0.15) is 5.69 Å². The summed E-state index contributed by atoms with van der Waals surface area (Å²) >= 11 is 9.57. The van der Waals surface area contributed by atoms with Crippen molar-refractivity contribution in [2.75, 3.05) is 37.5 Å². The number of nitrogens with one attached hydrogen (secondary N) is 1. The van der Waals surface area contributed by atoms with Gasteiger partial charge in [0.05, 0.1) is 11.3 Å². The monoisotopic (exact) mass is 518 g/mol. The maximum Gasteiger partial charge on any atom is 0.313 e. The SMILES string of the molecule is CN1CN(SCC2(C(=O)O)CS[C@@H]3C(NC(=O)C(=CCl)c4csc(N)n4)C(=O)N3C2)N=N1. The Kier molecular flexibility index (Phi) is 6.42. The minimum absolute atomic E-state index is 0.0554. The molecule has 1 aromatic rings. The number of nitrogen functional groups attached to an aromatic ring is 1. The van der Waals surface area contributed by atoms with Gasteiger partial charge >= 0.3 is 5.97 Å². The number of rotatable bonds is 7. The molecule has 0 saturated carbocycles. The van der Waals surface area contributed by atoms with Gasteiger partial charge in [-0.25, -0.2) is 4.98 Å². The summed E-state index contributed by atoms with van der Waals surface area (Å²) in [4.78, 5) is 43.1. The lowest BCUT2D eigenvalue weighted by molar-refractivity contribution is -0.157. The van der Waals surface area contributed by atoms with E-state index in [1.54, 1.807) is 21.9 Å². The Morgan fingerprint density at radius 1 is 1.50 bits per heavy atom. The van der Waals surface area contributed by atoms with Crippen molar-refractivity contribution >= 4 is 75.1 Å². The maximum atomic E-state index is 12.8. The van der Waals surface area contributed by atoms with Gasteiger partial charge in [0.1, 0.15) is 23.5 Å².